The number of hydrogen-bond acceptors (Lipinski definition) is 3. The van der Waals surface area contributed by atoms with Gasteiger partial charge in [0, 0.05) is 17.8 Å². The molecule has 3 heteroatoms. The summed E-state index contributed by atoms with van der Waals surface area (Å²) in [5.74, 6) is 0. The van der Waals surface area contributed by atoms with Crippen molar-refractivity contribution < 1.29 is 5.11 Å². The topological polar surface area (TPSA) is 23.5 Å². The molecule has 1 atom stereocenters. The van der Waals surface area contributed by atoms with Crippen LogP contribution in [0.5, 0.6) is 0 Å². The van der Waals surface area contributed by atoms with E-state index in [4.69, 9.17) is 0 Å². The number of hydrogen-bond donors (Lipinski definition) is 1. The van der Waals surface area contributed by atoms with E-state index >= 15 is 0 Å². The second-order valence-electron chi connectivity index (χ2n) is 4.64. The van der Waals surface area contributed by atoms with Crippen molar-refractivity contribution >= 4 is 11.3 Å². The zero-order valence-corrected chi connectivity index (χ0v) is 10.1. The second-order valence-corrected chi connectivity index (χ2v) is 5.67. The third-order valence-corrected chi connectivity index (χ3v) is 4.10. The van der Waals surface area contributed by atoms with Gasteiger partial charge in [-0.25, -0.2) is 0 Å². The van der Waals surface area contributed by atoms with Crippen LogP contribution in [0.4, 0.5) is 0 Å². The van der Waals surface area contributed by atoms with E-state index in [9.17, 15) is 5.11 Å². The van der Waals surface area contributed by atoms with Crippen molar-refractivity contribution in [2.45, 2.75) is 31.3 Å². The Hall–Kier alpha value is -0.380. The quantitative estimate of drug-likeness (QED) is 0.833. The lowest BCUT2D eigenvalue weighted by Crippen LogP contribution is -2.32. The molecule has 1 saturated heterocycles. The SMILES string of the molecule is CN1CCCC(O)(Cc2cccs2)CC1. The first-order valence-electron chi connectivity index (χ1n) is 5.61. The highest BCUT2D eigenvalue weighted by atomic mass is 32.1. The molecule has 2 heterocycles. The average Bonchev–Trinajstić information content (AvgIpc) is 2.61. The number of thiophene rings is 1. The summed E-state index contributed by atoms with van der Waals surface area (Å²) in [5, 5.41) is 12.6. The van der Waals surface area contributed by atoms with Gasteiger partial charge in [0.15, 0.2) is 0 Å². The summed E-state index contributed by atoms with van der Waals surface area (Å²) >= 11 is 1.75. The smallest absolute Gasteiger partial charge is 0.0708 e. The van der Waals surface area contributed by atoms with Crippen LogP contribution in [0.2, 0.25) is 0 Å². The van der Waals surface area contributed by atoms with Crippen LogP contribution in [0.15, 0.2) is 17.5 Å². The van der Waals surface area contributed by atoms with E-state index in [1.807, 2.05) is 0 Å². The minimum atomic E-state index is -0.463. The Labute approximate surface area is 95.5 Å². The fraction of sp³-hybridized carbons (Fsp3) is 0.667. The standard InChI is InChI=1S/C12H19NOS/c1-13-7-3-5-12(14,6-8-13)10-11-4-2-9-15-11/h2,4,9,14H,3,5-8,10H2,1H3. The van der Waals surface area contributed by atoms with Crippen LogP contribution in [0.3, 0.4) is 0 Å². The maximum Gasteiger partial charge on any atom is 0.0708 e. The number of likely N-dealkylation sites (tertiary alicyclic amines) is 1. The van der Waals surface area contributed by atoms with Gasteiger partial charge in [-0.3, -0.25) is 0 Å². The van der Waals surface area contributed by atoms with Gasteiger partial charge >= 0.3 is 0 Å². The predicted octanol–water partition coefficient (Wildman–Crippen LogP) is 2.14. The van der Waals surface area contributed by atoms with Crippen LogP contribution in [-0.2, 0) is 6.42 Å². The molecule has 0 bridgehead atoms. The van der Waals surface area contributed by atoms with Gasteiger partial charge in [0.2, 0.25) is 0 Å². The first kappa shape index (κ1) is 11.1. The van der Waals surface area contributed by atoms with Crippen LogP contribution in [-0.4, -0.2) is 35.7 Å². The van der Waals surface area contributed by atoms with Gasteiger partial charge in [-0.2, -0.15) is 0 Å². The maximum absolute atomic E-state index is 10.5. The highest BCUT2D eigenvalue weighted by Gasteiger charge is 2.29. The molecule has 84 valence electrons. The van der Waals surface area contributed by atoms with Crippen LogP contribution >= 0.6 is 11.3 Å². The molecule has 0 amide bonds. The Balaban J connectivity index is 1.99. The fourth-order valence-electron chi connectivity index (χ4n) is 2.23. The lowest BCUT2D eigenvalue weighted by atomic mass is 9.90. The Morgan fingerprint density at radius 3 is 3.07 bits per heavy atom. The molecule has 0 spiro atoms. The van der Waals surface area contributed by atoms with Gasteiger partial charge in [-0.05, 0) is 44.3 Å². The summed E-state index contributed by atoms with van der Waals surface area (Å²) in [6, 6.07) is 4.18. The Kier molecular flexibility index (Phi) is 3.44. The largest absolute Gasteiger partial charge is 0.389 e. The van der Waals surface area contributed by atoms with E-state index < -0.39 is 5.60 Å². The van der Waals surface area contributed by atoms with Gasteiger partial charge < -0.3 is 10.0 Å². The third-order valence-electron chi connectivity index (χ3n) is 3.22. The summed E-state index contributed by atoms with van der Waals surface area (Å²) < 4.78 is 0. The Bertz CT molecular complexity index is 299. The number of nitrogens with zero attached hydrogens (tertiary/aromatic N) is 1. The Morgan fingerprint density at radius 2 is 2.33 bits per heavy atom. The molecule has 1 unspecified atom stereocenters. The lowest BCUT2D eigenvalue weighted by Gasteiger charge is -2.26. The molecule has 0 aliphatic carbocycles. The van der Waals surface area contributed by atoms with Crippen molar-refractivity contribution in [2.75, 3.05) is 20.1 Å². The maximum atomic E-state index is 10.5. The van der Waals surface area contributed by atoms with Gasteiger partial charge in [0.05, 0.1) is 5.60 Å². The molecular weight excluding hydrogens is 206 g/mol. The van der Waals surface area contributed by atoms with Crippen molar-refractivity contribution in [1.29, 1.82) is 0 Å². The monoisotopic (exact) mass is 225 g/mol. The lowest BCUT2D eigenvalue weighted by molar-refractivity contribution is 0.0270. The first-order valence-corrected chi connectivity index (χ1v) is 6.49. The third kappa shape index (κ3) is 3.03. The van der Waals surface area contributed by atoms with Gasteiger partial charge in [0.1, 0.15) is 0 Å². The second kappa shape index (κ2) is 4.64. The van der Waals surface area contributed by atoms with E-state index in [0.717, 1.165) is 38.8 Å². The normalized spacial score (nSPS) is 28.9. The van der Waals surface area contributed by atoms with Gasteiger partial charge in [-0.1, -0.05) is 6.07 Å². The molecule has 1 aromatic heterocycles. The van der Waals surface area contributed by atoms with E-state index in [1.165, 1.54) is 4.88 Å². The van der Waals surface area contributed by atoms with E-state index in [2.05, 4.69) is 29.5 Å². The minimum Gasteiger partial charge on any atom is -0.389 e. The molecule has 1 N–H and O–H groups in total. The van der Waals surface area contributed by atoms with Crippen molar-refractivity contribution in [2.24, 2.45) is 0 Å². The van der Waals surface area contributed by atoms with Crippen molar-refractivity contribution in [3.05, 3.63) is 22.4 Å². The van der Waals surface area contributed by atoms with Crippen molar-refractivity contribution in [1.82, 2.24) is 4.90 Å². The highest BCUT2D eigenvalue weighted by Crippen LogP contribution is 2.27. The minimum absolute atomic E-state index is 0.463. The summed E-state index contributed by atoms with van der Waals surface area (Å²) in [7, 11) is 2.14. The van der Waals surface area contributed by atoms with Crippen molar-refractivity contribution in [3.8, 4) is 0 Å². The zero-order valence-electron chi connectivity index (χ0n) is 9.28. The Morgan fingerprint density at radius 1 is 1.47 bits per heavy atom. The van der Waals surface area contributed by atoms with E-state index in [0.29, 0.717) is 0 Å². The van der Waals surface area contributed by atoms with Crippen LogP contribution < -0.4 is 0 Å². The van der Waals surface area contributed by atoms with Crippen LogP contribution in [0, 0.1) is 0 Å². The summed E-state index contributed by atoms with van der Waals surface area (Å²) in [4.78, 5) is 3.62. The molecule has 1 aliphatic heterocycles. The fourth-order valence-corrected chi connectivity index (χ4v) is 3.07. The molecule has 2 rings (SSSR count). The number of rotatable bonds is 2. The molecule has 1 aromatic rings. The van der Waals surface area contributed by atoms with Crippen LogP contribution in [0.1, 0.15) is 24.1 Å². The summed E-state index contributed by atoms with van der Waals surface area (Å²) in [5.41, 5.74) is -0.463. The van der Waals surface area contributed by atoms with Crippen molar-refractivity contribution in [3.63, 3.8) is 0 Å². The zero-order chi connectivity index (χ0) is 10.7. The molecule has 0 saturated carbocycles. The van der Waals surface area contributed by atoms with Gasteiger partial charge in [-0.15, -0.1) is 11.3 Å². The predicted molar refractivity (Wildman–Crippen MR) is 64.3 cm³/mol. The van der Waals surface area contributed by atoms with E-state index in [-0.39, 0.29) is 0 Å². The summed E-state index contributed by atoms with van der Waals surface area (Å²) in [6.45, 7) is 2.13. The average molecular weight is 225 g/mol. The highest BCUT2D eigenvalue weighted by molar-refractivity contribution is 7.09. The molecular formula is C12H19NOS. The molecule has 2 nitrogen and oxygen atoms in total. The molecule has 0 radical (unpaired) electrons. The molecule has 1 aliphatic rings. The van der Waals surface area contributed by atoms with Crippen LogP contribution in [0.25, 0.3) is 0 Å². The molecule has 1 fully saturated rings. The molecule has 15 heavy (non-hydrogen) atoms. The molecule has 0 aromatic carbocycles. The van der Waals surface area contributed by atoms with Gasteiger partial charge in [0.25, 0.3) is 0 Å². The number of aliphatic hydroxyl groups is 1. The first-order chi connectivity index (χ1) is 7.18. The van der Waals surface area contributed by atoms with E-state index in [1.54, 1.807) is 11.3 Å². The summed E-state index contributed by atoms with van der Waals surface area (Å²) in [6.07, 6.45) is 3.79.